The number of aromatic nitrogens is 3. The first-order valence-corrected chi connectivity index (χ1v) is 9.84. The highest BCUT2D eigenvalue weighted by Crippen LogP contribution is 2.29. The van der Waals surface area contributed by atoms with E-state index in [-0.39, 0.29) is 23.2 Å². The molecule has 3 aromatic rings. The van der Waals surface area contributed by atoms with Gasteiger partial charge in [-0.3, -0.25) is 9.36 Å². The molecule has 0 unspecified atom stereocenters. The molecule has 5 rings (SSSR count). The van der Waals surface area contributed by atoms with E-state index in [1.165, 1.54) is 10.6 Å². The highest BCUT2D eigenvalue weighted by Gasteiger charge is 2.24. The molecule has 3 heterocycles. The molecule has 7 heteroatoms. The molecular formula is C24H19FN4O2. The summed E-state index contributed by atoms with van der Waals surface area (Å²) in [5, 5.41) is 0. The molecule has 6 nitrogen and oxygen atoms in total. The number of H-pyrrole nitrogens is 1. The number of nitrogen functional groups attached to an aromatic ring is 1. The van der Waals surface area contributed by atoms with Gasteiger partial charge in [0, 0.05) is 18.2 Å². The summed E-state index contributed by atoms with van der Waals surface area (Å²) in [7, 11) is 0. The van der Waals surface area contributed by atoms with Crippen LogP contribution in [0, 0.1) is 5.82 Å². The Morgan fingerprint density at radius 1 is 1.03 bits per heavy atom. The zero-order valence-electron chi connectivity index (χ0n) is 16.5. The van der Waals surface area contributed by atoms with Crippen molar-refractivity contribution in [2.75, 3.05) is 5.73 Å². The molecular weight excluding hydrogens is 395 g/mol. The van der Waals surface area contributed by atoms with Crippen LogP contribution in [0.5, 0.6) is 0 Å². The molecule has 0 atom stereocenters. The van der Waals surface area contributed by atoms with Crippen LogP contribution in [0.4, 0.5) is 10.1 Å². The number of anilines is 1. The van der Waals surface area contributed by atoms with E-state index in [0.717, 1.165) is 11.3 Å². The van der Waals surface area contributed by atoms with E-state index in [1.807, 2.05) is 30.3 Å². The highest BCUT2D eigenvalue weighted by atomic mass is 19.1. The minimum absolute atomic E-state index is 0.0161. The fraction of sp³-hybridized carbons (Fsp3) is 0.0833. The summed E-state index contributed by atoms with van der Waals surface area (Å²) >= 11 is 0. The molecule has 31 heavy (non-hydrogen) atoms. The first kappa shape index (κ1) is 18.9. The molecule has 0 bridgehead atoms. The van der Waals surface area contributed by atoms with Gasteiger partial charge in [-0.05, 0) is 29.8 Å². The molecule has 2 aromatic carbocycles. The number of furan rings is 1. The molecule has 3 N–H and O–H groups in total. The van der Waals surface area contributed by atoms with Crippen molar-refractivity contribution in [2.24, 2.45) is 0 Å². The van der Waals surface area contributed by atoms with E-state index < -0.39 is 5.82 Å². The van der Waals surface area contributed by atoms with E-state index in [1.54, 1.807) is 36.7 Å². The van der Waals surface area contributed by atoms with Crippen molar-refractivity contribution in [1.29, 1.82) is 0 Å². The monoisotopic (exact) mass is 414 g/mol. The summed E-state index contributed by atoms with van der Waals surface area (Å²) in [5.41, 5.74) is 8.20. The maximum absolute atomic E-state index is 14.8. The zero-order chi connectivity index (χ0) is 21.4. The van der Waals surface area contributed by atoms with Gasteiger partial charge in [-0.2, -0.15) is 0 Å². The van der Waals surface area contributed by atoms with E-state index in [0.29, 0.717) is 29.4 Å². The number of halogens is 1. The summed E-state index contributed by atoms with van der Waals surface area (Å²) in [4.78, 5) is 21.2. The second-order valence-corrected chi connectivity index (χ2v) is 7.30. The number of rotatable bonds is 5. The number of imidazole rings is 1. The molecule has 0 spiro atoms. The fourth-order valence-electron chi connectivity index (χ4n) is 3.73. The smallest absolute Gasteiger partial charge is 0.279 e. The standard InChI is InChI=1S/C24H19FN4O2/c25-22-17(9-4-10-18(22)26)21-14-27-19(12-15-6-2-1-3-7-15)23-28-20(24(30)29(21)23)13-16-8-5-11-31-16/h1-11,14,27H,12-13,26H2. The van der Waals surface area contributed by atoms with Gasteiger partial charge in [-0.1, -0.05) is 36.4 Å². The summed E-state index contributed by atoms with van der Waals surface area (Å²) in [5.74, 6) is 0.509. The number of hydrogen-bond acceptors (Lipinski definition) is 4. The molecule has 2 aliphatic heterocycles. The van der Waals surface area contributed by atoms with E-state index in [9.17, 15) is 9.18 Å². The number of aromatic amines is 1. The van der Waals surface area contributed by atoms with Crippen LogP contribution in [0.15, 0.2) is 82.3 Å². The summed E-state index contributed by atoms with van der Waals surface area (Å²) < 4.78 is 21.7. The van der Waals surface area contributed by atoms with Crippen molar-refractivity contribution in [1.82, 2.24) is 14.5 Å². The normalized spacial score (nSPS) is 11.3. The zero-order valence-corrected chi connectivity index (χ0v) is 16.5. The molecule has 0 radical (unpaired) electrons. The van der Waals surface area contributed by atoms with Crippen molar-refractivity contribution >= 4 is 5.69 Å². The highest BCUT2D eigenvalue weighted by molar-refractivity contribution is 5.67. The number of nitrogens with two attached hydrogens (primary N) is 1. The van der Waals surface area contributed by atoms with Crippen LogP contribution in [0.3, 0.4) is 0 Å². The van der Waals surface area contributed by atoms with Gasteiger partial charge in [0.15, 0.2) is 11.6 Å². The first-order valence-electron chi connectivity index (χ1n) is 9.84. The molecule has 0 saturated carbocycles. The molecule has 1 aromatic heterocycles. The Morgan fingerprint density at radius 3 is 2.65 bits per heavy atom. The van der Waals surface area contributed by atoms with E-state index in [4.69, 9.17) is 10.2 Å². The van der Waals surface area contributed by atoms with Gasteiger partial charge in [-0.15, -0.1) is 0 Å². The maximum Gasteiger partial charge on any atom is 0.279 e. The Hall–Kier alpha value is -4.13. The minimum Gasteiger partial charge on any atom is -0.469 e. The Morgan fingerprint density at radius 2 is 1.87 bits per heavy atom. The SMILES string of the molecule is Nc1cccc(-c2c[nH]c(Cc3ccccc3)c3nc(Cc4ccco4)c(=O)n2-3)c1F. The molecule has 0 fully saturated rings. The second kappa shape index (κ2) is 7.60. The number of nitrogens with one attached hydrogen (secondary N) is 1. The van der Waals surface area contributed by atoms with Gasteiger partial charge in [0.05, 0.1) is 29.8 Å². The topological polar surface area (TPSA) is 89.8 Å². The number of hydrogen-bond donors (Lipinski definition) is 2. The lowest BCUT2D eigenvalue weighted by atomic mass is 10.1. The lowest BCUT2D eigenvalue weighted by molar-refractivity contribution is 0.519. The van der Waals surface area contributed by atoms with Crippen LogP contribution in [0.1, 0.15) is 22.7 Å². The third kappa shape index (κ3) is 3.40. The van der Waals surface area contributed by atoms with Crippen molar-refractivity contribution in [3.8, 4) is 17.1 Å². The third-order valence-corrected chi connectivity index (χ3v) is 5.25. The van der Waals surface area contributed by atoms with Gasteiger partial charge < -0.3 is 15.1 Å². The molecule has 0 amide bonds. The maximum atomic E-state index is 14.8. The van der Waals surface area contributed by atoms with Gasteiger partial charge in [0.1, 0.15) is 11.5 Å². The van der Waals surface area contributed by atoms with Crippen molar-refractivity contribution < 1.29 is 8.81 Å². The molecule has 0 saturated heterocycles. The van der Waals surface area contributed by atoms with Gasteiger partial charge in [0.25, 0.3) is 5.56 Å². The Kier molecular flexibility index (Phi) is 4.63. The van der Waals surface area contributed by atoms with Crippen LogP contribution < -0.4 is 11.3 Å². The van der Waals surface area contributed by atoms with Gasteiger partial charge in [-0.25, -0.2) is 9.37 Å². The number of benzene rings is 2. The number of nitrogens with zero attached hydrogens (tertiary/aromatic N) is 2. The van der Waals surface area contributed by atoms with Crippen LogP contribution in [0.25, 0.3) is 17.1 Å². The van der Waals surface area contributed by atoms with Crippen LogP contribution >= 0.6 is 0 Å². The lowest BCUT2D eigenvalue weighted by Gasteiger charge is -2.15. The Labute approximate surface area is 177 Å². The average Bonchev–Trinajstić information content (AvgIpc) is 3.41. The Bertz CT molecular complexity index is 1370. The third-order valence-electron chi connectivity index (χ3n) is 5.25. The lowest BCUT2D eigenvalue weighted by Crippen LogP contribution is -2.20. The van der Waals surface area contributed by atoms with Crippen molar-refractivity contribution in [3.05, 3.63) is 112 Å². The predicted molar refractivity (Wildman–Crippen MR) is 116 cm³/mol. The predicted octanol–water partition coefficient (Wildman–Crippen LogP) is 4.16. The quantitative estimate of drug-likeness (QED) is 0.423. The van der Waals surface area contributed by atoms with E-state index in [2.05, 4.69) is 9.97 Å². The Balaban J connectivity index is 1.71. The first-order chi connectivity index (χ1) is 15.1. The summed E-state index contributed by atoms with van der Waals surface area (Å²) in [6.45, 7) is 0. The van der Waals surface area contributed by atoms with Crippen molar-refractivity contribution in [3.63, 3.8) is 0 Å². The molecule has 154 valence electrons. The van der Waals surface area contributed by atoms with Gasteiger partial charge >= 0.3 is 0 Å². The van der Waals surface area contributed by atoms with Crippen LogP contribution in [-0.4, -0.2) is 14.5 Å². The fourth-order valence-corrected chi connectivity index (χ4v) is 3.73. The number of fused-ring (bicyclic) bond motifs is 1. The summed E-state index contributed by atoms with van der Waals surface area (Å²) in [6.07, 6.45) is 3.97. The molecule has 0 aliphatic carbocycles. The van der Waals surface area contributed by atoms with Crippen LogP contribution in [0.2, 0.25) is 0 Å². The van der Waals surface area contributed by atoms with Crippen LogP contribution in [-0.2, 0) is 12.8 Å². The average molecular weight is 414 g/mol. The molecule has 2 aliphatic rings. The van der Waals surface area contributed by atoms with E-state index >= 15 is 0 Å². The minimum atomic E-state index is -0.575. The van der Waals surface area contributed by atoms with Gasteiger partial charge in [0.2, 0.25) is 0 Å². The van der Waals surface area contributed by atoms with Crippen molar-refractivity contribution in [2.45, 2.75) is 12.8 Å². The largest absolute Gasteiger partial charge is 0.469 e. The second-order valence-electron chi connectivity index (χ2n) is 7.30. The summed E-state index contributed by atoms with van der Waals surface area (Å²) in [6, 6.07) is 18.1.